The van der Waals surface area contributed by atoms with E-state index in [-0.39, 0.29) is 0 Å². The number of likely N-dealkylation sites (tertiary alicyclic amines) is 1. The second-order valence-corrected chi connectivity index (χ2v) is 4.22. The van der Waals surface area contributed by atoms with Crippen LogP contribution >= 0.6 is 0 Å². The van der Waals surface area contributed by atoms with E-state index in [2.05, 4.69) is 27.6 Å². The Labute approximate surface area is 90.5 Å². The standard InChI is InChI=1S/C10H19N5/c1-14-7-3-10(9-14)11-4-2-6-15-8-5-12-13-15/h5,8,10-11H,2-4,6-7,9H2,1H3. The van der Waals surface area contributed by atoms with Gasteiger partial charge in [-0.05, 0) is 33.0 Å². The Balaban J connectivity index is 1.55. The molecule has 1 aromatic heterocycles. The molecule has 1 unspecified atom stereocenters. The van der Waals surface area contributed by atoms with Gasteiger partial charge in [0.15, 0.2) is 0 Å². The van der Waals surface area contributed by atoms with Crippen molar-refractivity contribution in [3.63, 3.8) is 0 Å². The van der Waals surface area contributed by atoms with Crippen molar-refractivity contribution < 1.29 is 0 Å². The maximum Gasteiger partial charge on any atom is 0.0692 e. The van der Waals surface area contributed by atoms with Crippen LogP contribution in [0.3, 0.4) is 0 Å². The summed E-state index contributed by atoms with van der Waals surface area (Å²) in [5.41, 5.74) is 0. The monoisotopic (exact) mass is 209 g/mol. The summed E-state index contributed by atoms with van der Waals surface area (Å²) in [6, 6.07) is 0.686. The minimum Gasteiger partial charge on any atom is -0.313 e. The molecule has 0 aromatic carbocycles. The molecular formula is C10H19N5. The zero-order valence-electron chi connectivity index (χ0n) is 9.26. The first kappa shape index (κ1) is 10.6. The van der Waals surface area contributed by atoms with Gasteiger partial charge in [0.05, 0.1) is 6.20 Å². The molecule has 0 radical (unpaired) electrons. The molecule has 1 aromatic rings. The third-order valence-corrected chi connectivity index (χ3v) is 2.86. The van der Waals surface area contributed by atoms with E-state index in [1.807, 2.05) is 10.9 Å². The fraction of sp³-hybridized carbons (Fsp3) is 0.800. The van der Waals surface area contributed by atoms with E-state index in [0.29, 0.717) is 6.04 Å². The second-order valence-electron chi connectivity index (χ2n) is 4.22. The highest BCUT2D eigenvalue weighted by atomic mass is 15.4. The number of aryl methyl sites for hydroxylation is 1. The van der Waals surface area contributed by atoms with Gasteiger partial charge in [-0.2, -0.15) is 0 Å². The molecule has 1 N–H and O–H groups in total. The van der Waals surface area contributed by atoms with Crippen LogP contribution in [0.1, 0.15) is 12.8 Å². The van der Waals surface area contributed by atoms with E-state index in [4.69, 9.17) is 0 Å². The molecule has 2 heterocycles. The third-order valence-electron chi connectivity index (χ3n) is 2.86. The van der Waals surface area contributed by atoms with Crippen LogP contribution < -0.4 is 5.32 Å². The van der Waals surface area contributed by atoms with Crippen LogP contribution in [0.2, 0.25) is 0 Å². The van der Waals surface area contributed by atoms with E-state index in [9.17, 15) is 0 Å². The molecule has 15 heavy (non-hydrogen) atoms. The minimum absolute atomic E-state index is 0.686. The highest BCUT2D eigenvalue weighted by molar-refractivity contribution is 4.78. The fourth-order valence-electron chi connectivity index (χ4n) is 2.00. The zero-order valence-corrected chi connectivity index (χ0v) is 9.26. The van der Waals surface area contributed by atoms with E-state index in [1.54, 1.807) is 6.20 Å². The van der Waals surface area contributed by atoms with Gasteiger partial charge in [0.2, 0.25) is 0 Å². The maximum atomic E-state index is 3.93. The Morgan fingerprint density at radius 2 is 2.47 bits per heavy atom. The molecule has 0 saturated carbocycles. The normalized spacial score (nSPS) is 22.3. The van der Waals surface area contributed by atoms with Crippen molar-refractivity contribution in [1.29, 1.82) is 0 Å². The predicted molar refractivity (Wildman–Crippen MR) is 58.5 cm³/mol. The number of nitrogens with one attached hydrogen (secondary N) is 1. The van der Waals surface area contributed by atoms with E-state index in [1.165, 1.54) is 19.5 Å². The lowest BCUT2D eigenvalue weighted by atomic mass is 10.2. The van der Waals surface area contributed by atoms with Crippen molar-refractivity contribution in [2.24, 2.45) is 0 Å². The summed E-state index contributed by atoms with van der Waals surface area (Å²) >= 11 is 0. The zero-order chi connectivity index (χ0) is 10.5. The highest BCUT2D eigenvalue weighted by Gasteiger charge is 2.17. The van der Waals surface area contributed by atoms with Crippen LogP contribution in [0, 0.1) is 0 Å². The van der Waals surface area contributed by atoms with Gasteiger partial charge in [-0.25, -0.2) is 0 Å². The highest BCUT2D eigenvalue weighted by Crippen LogP contribution is 2.05. The molecule has 1 fully saturated rings. The Morgan fingerprint density at radius 3 is 3.13 bits per heavy atom. The summed E-state index contributed by atoms with van der Waals surface area (Å²) < 4.78 is 1.88. The Bertz CT molecular complexity index is 271. The number of likely N-dealkylation sites (N-methyl/N-ethyl adjacent to an activating group) is 1. The largest absolute Gasteiger partial charge is 0.313 e. The molecule has 84 valence electrons. The molecule has 1 atom stereocenters. The van der Waals surface area contributed by atoms with Crippen molar-refractivity contribution in [2.75, 3.05) is 26.7 Å². The van der Waals surface area contributed by atoms with Gasteiger partial charge in [-0.3, -0.25) is 4.68 Å². The van der Waals surface area contributed by atoms with E-state index < -0.39 is 0 Å². The van der Waals surface area contributed by atoms with Crippen LogP contribution in [-0.4, -0.2) is 52.6 Å². The van der Waals surface area contributed by atoms with Crippen molar-refractivity contribution in [1.82, 2.24) is 25.2 Å². The molecule has 0 spiro atoms. The number of nitrogens with zero attached hydrogens (tertiary/aromatic N) is 4. The topological polar surface area (TPSA) is 46.0 Å². The van der Waals surface area contributed by atoms with Gasteiger partial charge in [0.1, 0.15) is 0 Å². The third kappa shape index (κ3) is 3.28. The van der Waals surface area contributed by atoms with Gasteiger partial charge in [-0.15, -0.1) is 5.10 Å². The lowest BCUT2D eigenvalue weighted by Gasteiger charge is -2.12. The first-order valence-electron chi connectivity index (χ1n) is 5.60. The summed E-state index contributed by atoms with van der Waals surface area (Å²) in [5.74, 6) is 0. The smallest absolute Gasteiger partial charge is 0.0692 e. The van der Waals surface area contributed by atoms with Crippen LogP contribution in [0.15, 0.2) is 12.4 Å². The Hall–Kier alpha value is -0.940. The van der Waals surface area contributed by atoms with Gasteiger partial charge in [0, 0.05) is 25.3 Å². The summed E-state index contributed by atoms with van der Waals surface area (Å²) in [6.07, 6.45) is 6.02. The van der Waals surface area contributed by atoms with Crippen LogP contribution in [0.25, 0.3) is 0 Å². The van der Waals surface area contributed by atoms with Crippen molar-refractivity contribution >= 4 is 0 Å². The van der Waals surface area contributed by atoms with Crippen LogP contribution in [0.5, 0.6) is 0 Å². The molecule has 1 saturated heterocycles. The average Bonchev–Trinajstić information content (AvgIpc) is 2.84. The molecule has 5 nitrogen and oxygen atoms in total. The lowest BCUT2D eigenvalue weighted by Crippen LogP contribution is -2.32. The van der Waals surface area contributed by atoms with Gasteiger partial charge >= 0.3 is 0 Å². The molecule has 5 heteroatoms. The summed E-state index contributed by atoms with van der Waals surface area (Å²) in [5, 5.41) is 11.3. The first-order chi connectivity index (χ1) is 7.34. The maximum absolute atomic E-state index is 3.93. The molecule has 0 aliphatic carbocycles. The van der Waals surface area contributed by atoms with E-state index >= 15 is 0 Å². The Morgan fingerprint density at radius 1 is 1.53 bits per heavy atom. The van der Waals surface area contributed by atoms with Crippen LogP contribution in [0.4, 0.5) is 0 Å². The van der Waals surface area contributed by atoms with Crippen molar-refractivity contribution in [3.05, 3.63) is 12.4 Å². The molecule has 1 aliphatic rings. The summed E-state index contributed by atoms with van der Waals surface area (Å²) in [6.45, 7) is 4.43. The van der Waals surface area contributed by atoms with Gasteiger partial charge in [0.25, 0.3) is 0 Å². The second kappa shape index (κ2) is 5.23. The van der Waals surface area contributed by atoms with E-state index in [0.717, 1.165) is 19.5 Å². The summed E-state index contributed by atoms with van der Waals surface area (Å²) in [7, 11) is 2.18. The lowest BCUT2D eigenvalue weighted by molar-refractivity contribution is 0.395. The molecule has 0 amide bonds. The molecule has 1 aliphatic heterocycles. The minimum atomic E-state index is 0.686. The molecular weight excluding hydrogens is 190 g/mol. The number of aromatic nitrogens is 3. The fourth-order valence-corrected chi connectivity index (χ4v) is 2.00. The number of hydrogen-bond acceptors (Lipinski definition) is 4. The molecule has 0 bridgehead atoms. The average molecular weight is 209 g/mol. The van der Waals surface area contributed by atoms with Crippen molar-refractivity contribution in [2.45, 2.75) is 25.4 Å². The Kier molecular flexibility index (Phi) is 3.69. The van der Waals surface area contributed by atoms with Crippen molar-refractivity contribution in [3.8, 4) is 0 Å². The van der Waals surface area contributed by atoms with Gasteiger partial charge < -0.3 is 10.2 Å². The molecule has 2 rings (SSSR count). The number of rotatable bonds is 5. The van der Waals surface area contributed by atoms with Gasteiger partial charge in [-0.1, -0.05) is 5.21 Å². The summed E-state index contributed by atoms with van der Waals surface area (Å²) in [4.78, 5) is 2.37. The SMILES string of the molecule is CN1CCC(NCCCn2ccnn2)C1. The quantitative estimate of drug-likeness (QED) is 0.691. The number of hydrogen-bond donors (Lipinski definition) is 1. The van der Waals surface area contributed by atoms with Crippen LogP contribution in [-0.2, 0) is 6.54 Å². The first-order valence-corrected chi connectivity index (χ1v) is 5.60. The predicted octanol–water partition coefficient (Wildman–Crippen LogP) is -0.0381.